The first-order valence-electron chi connectivity index (χ1n) is 9.06. The van der Waals surface area contributed by atoms with Gasteiger partial charge in [-0.2, -0.15) is 0 Å². The molecule has 144 valence electrons. The summed E-state index contributed by atoms with van der Waals surface area (Å²) in [5, 5.41) is 3.18. The summed E-state index contributed by atoms with van der Waals surface area (Å²) in [7, 11) is 3.18. The van der Waals surface area contributed by atoms with Gasteiger partial charge in [-0.25, -0.2) is 0 Å². The Balaban J connectivity index is 1.74. The number of rotatable bonds is 8. The van der Waals surface area contributed by atoms with E-state index in [-0.39, 0.29) is 12.5 Å². The standard InChI is InChI=1S/C23H24N2O3/c1-27-21-14-13-19(15-22(21)28-2)24-16-23(26)25(20-11-7-4-8-12-20)17-18-9-5-3-6-10-18/h3-15,24H,16-17H2,1-2H3. The van der Waals surface area contributed by atoms with E-state index in [9.17, 15) is 4.79 Å². The molecule has 0 radical (unpaired) electrons. The van der Waals surface area contributed by atoms with Crippen molar-refractivity contribution in [2.24, 2.45) is 0 Å². The lowest BCUT2D eigenvalue weighted by Gasteiger charge is -2.23. The number of ether oxygens (including phenoxy) is 2. The predicted molar refractivity (Wildman–Crippen MR) is 112 cm³/mol. The van der Waals surface area contributed by atoms with Crippen LogP contribution in [0.3, 0.4) is 0 Å². The van der Waals surface area contributed by atoms with E-state index < -0.39 is 0 Å². The number of nitrogens with one attached hydrogen (secondary N) is 1. The molecule has 3 rings (SSSR count). The van der Waals surface area contributed by atoms with Gasteiger partial charge in [0.2, 0.25) is 5.91 Å². The summed E-state index contributed by atoms with van der Waals surface area (Å²) in [6, 6.07) is 25.1. The lowest BCUT2D eigenvalue weighted by Crippen LogP contribution is -2.35. The van der Waals surface area contributed by atoms with Crippen molar-refractivity contribution in [1.29, 1.82) is 0 Å². The lowest BCUT2D eigenvalue weighted by atomic mass is 10.2. The molecule has 5 heteroatoms. The average Bonchev–Trinajstić information content (AvgIpc) is 2.76. The topological polar surface area (TPSA) is 50.8 Å². The van der Waals surface area contributed by atoms with Gasteiger partial charge in [0.05, 0.1) is 27.3 Å². The van der Waals surface area contributed by atoms with Crippen molar-refractivity contribution >= 4 is 17.3 Å². The Labute approximate surface area is 165 Å². The maximum Gasteiger partial charge on any atom is 0.246 e. The number of carbonyl (C=O) groups excluding carboxylic acids is 1. The van der Waals surface area contributed by atoms with Crippen molar-refractivity contribution in [3.63, 3.8) is 0 Å². The van der Waals surface area contributed by atoms with Crippen molar-refractivity contribution in [3.8, 4) is 11.5 Å². The molecule has 1 amide bonds. The third-order valence-electron chi connectivity index (χ3n) is 4.38. The summed E-state index contributed by atoms with van der Waals surface area (Å²) in [6.07, 6.45) is 0. The minimum atomic E-state index is -0.0233. The van der Waals surface area contributed by atoms with Crippen LogP contribution in [0.25, 0.3) is 0 Å². The molecule has 3 aromatic carbocycles. The van der Waals surface area contributed by atoms with Crippen molar-refractivity contribution in [2.45, 2.75) is 6.54 Å². The molecular weight excluding hydrogens is 352 g/mol. The molecule has 1 N–H and O–H groups in total. The second-order valence-corrected chi connectivity index (χ2v) is 6.22. The number of methoxy groups -OCH3 is 2. The van der Waals surface area contributed by atoms with Gasteiger partial charge in [0.1, 0.15) is 0 Å². The molecule has 0 saturated carbocycles. The van der Waals surface area contributed by atoms with Crippen LogP contribution in [0, 0.1) is 0 Å². The third-order valence-corrected chi connectivity index (χ3v) is 4.38. The van der Waals surface area contributed by atoms with E-state index in [1.807, 2.05) is 78.9 Å². The number of anilines is 2. The Bertz CT molecular complexity index is 898. The van der Waals surface area contributed by atoms with Crippen LogP contribution in [0.1, 0.15) is 5.56 Å². The van der Waals surface area contributed by atoms with E-state index in [0.29, 0.717) is 18.0 Å². The molecule has 0 aliphatic rings. The van der Waals surface area contributed by atoms with Gasteiger partial charge in [0, 0.05) is 17.4 Å². The smallest absolute Gasteiger partial charge is 0.246 e. The Morgan fingerprint density at radius 2 is 1.50 bits per heavy atom. The fourth-order valence-corrected chi connectivity index (χ4v) is 2.92. The molecule has 0 fully saturated rings. The number of amides is 1. The van der Waals surface area contributed by atoms with Gasteiger partial charge in [-0.3, -0.25) is 4.79 Å². The van der Waals surface area contributed by atoms with Gasteiger partial charge in [-0.1, -0.05) is 48.5 Å². The quantitative estimate of drug-likeness (QED) is 0.635. The Morgan fingerprint density at radius 1 is 0.857 bits per heavy atom. The SMILES string of the molecule is COc1ccc(NCC(=O)N(Cc2ccccc2)c2ccccc2)cc1OC. The monoisotopic (exact) mass is 376 g/mol. The van der Waals surface area contributed by atoms with E-state index in [0.717, 1.165) is 16.9 Å². The largest absolute Gasteiger partial charge is 0.493 e. The number of hydrogen-bond donors (Lipinski definition) is 1. The molecule has 28 heavy (non-hydrogen) atoms. The van der Waals surface area contributed by atoms with Crippen molar-refractivity contribution in [1.82, 2.24) is 0 Å². The van der Waals surface area contributed by atoms with E-state index in [1.54, 1.807) is 19.1 Å². The minimum absolute atomic E-state index is 0.0233. The summed E-state index contributed by atoms with van der Waals surface area (Å²) in [4.78, 5) is 14.8. The van der Waals surface area contributed by atoms with Crippen LogP contribution in [-0.2, 0) is 11.3 Å². The van der Waals surface area contributed by atoms with Crippen LogP contribution < -0.4 is 19.7 Å². The molecule has 0 aliphatic carbocycles. The van der Waals surface area contributed by atoms with Gasteiger partial charge >= 0.3 is 0 Å². The van der Waals surface area contributed by atoms with E-state index in [1.165, 1.54) is 0 Å². The highest BCUT2D eigenvalue weighted by Gasteiger charge is 2.16. The predicted octanol–water partition coefficient (Wildman–Crippen LogP) is 4.35. The highest BCUT2D eigenvalue weighted by molar-refractivity contribution is 5.96. The van der Waals surface area contributed by atoms with Crippen LogP contribution >= 0.6 is 0 Å². The Kier molecular flexibility index (Phi) is 6.52. The normalized spacial score (nSPS) is 10.2. The van der Waals surface area contributed by atoms with Crippen molar-refractivity contribution in [2.75, 3.05) is 31.0 Å². The minimum Gasteiger partial charge on any atom is -0.493 e. The molecule has 0 aliphatic heterocycles. The fourth-order valence-electron chi connectivity index (χ4n) is 2.92. The average molecular weight is 376 g/mol. The molecule has 0 heterocycles. The van der Waals surface area contributed by atoms with Gasteiger partial charge in [0.25, 0.3) is 0 Å². The summed E-state index contributed by atoms with van der Waals surface area (Å²) in [5.41, 5.74) is 2.73. The van der Waals surface area contributed by atoms with Crippen LogP contribution in [0.15, 0.2) is 78.9 Å². The first-order valence-corrected chi connectivity index (χ1v) is 9.06. The number of benzene rings is 3. The second kappa shape index (κ2) is 9.46. The van der Waals surface area contributed by atoms with Crippen LogP contribution in [-0.4, -0.2) is 26.7 Å². The molecule has 0 unspecified atom stereocenters. The van der Waals surface area contributed by atoms with Gasteiger partial charge in [-0.15, -0.1) is 0 Å². The van der Waals surface area contributed by atoms with Gasteiger partial charge < -0.3 is 19.7 Å². The van der Waals surface area contributed by atoms with Crippen LogP contribution in [0.5, 0.6) is 11.5 Å². The number of para-hydroxylation sites is 1. The zero-order valence-electron chi connectivity index (χ0n) is 16.1. The number of nitrogens with zero attached hydrogens (tertiary/aromatic N) is 1. The summed E-state index contributed by atoms with van der Waals surface area (Å²) < 4.78 is 10.6. The molecule has 0 aromatic heterocycles. The fraction of sp³-hybridized carbons (Fsp3) is 0.174. The van der Waals surface area contributed by atoms with Crippen molar-refractivity contribution in [3.05, 3.63) is 84.4 Å². The van der Waals surface area contributed by atoms with E-state index in [4.69, 9.17) is 9.47 Å². The second-order valence-electron chi connectivity index (χ2n) is 6.22. The van der Waals surface area contributed by atoms with Crippen LogP contribution in [0.4, 0.5) is 11.4 Å². The number of carbonyl (C=O) groups is 1. The van der Waals surface area contributed by atoms with Crippen LogP contribution in [0.2, 0.25) is 0 Å². The zero-order valence-corrected chi connectivity index (χ0v) is 16.1. The molecular formula is C23H24N2O3. The molecule has 0 spiro atoms. The first kappa shape index (κ1) is 19.3. The highest BCUT2D eigenvalue weighted by Crippen LogP contribution is 2.29. The van der Waals surface area contributed by atoms with Crippen molar-refractivity contribution < 1.29 is 14.3 Å². The van der Waals surface area contributed by atoms with E-state index >= 15 is 0 Å². The molecule has 3 aromatic rings. The Morgan fingerprint density at radius 3 is 2.14 bits per heavy atom. The van der Waals surface area contributed by atoms with Gasteiger partial charge in [-0.05, 0) is 29.8 Å². The summed E-state index contributed by atoms with van der Waals surface area (Å²) in [6.45, 7) is 0.675. The molecule has 0 saturated heterocycles. The first-order chi connectivity index (χ1) is 13.7. The molecule has 0 bridgehead atoms. The number of hydrogen-bond acceptors (Lipinski definition) is 4. The van der Waals surface area contributed by atoms with E-state index in [2.05, 4.69) is 5.32 Å². The maximum atomic E-state index is 13.0. The lowest BCUT2D eigenvalue weighted by molar-refractivity contribution is -0.117. The van der Waals surface area contributed by atoms with Gasteiger partial charge in [0.15, 0.2) is 11.5 Å². The zero-order chi connectivity index (χ0) is 19.8. The Hall–Kier alpha value is -3.47. The summed E-state index contributed by atoms with van der Waals surface area (Å²) in [5.74, 6) is 1.24. The third kappa shape index (κ3) is 4.82. The highest BCUT2D eigenvalue weighted by atomic mass is 16.5. The molecule has 5 nitrogen and oxygen atoms in total. The molecule has 0 atom stereocenters. The maximum absolute atomic E-state index is 13.0. The summed E-state index contributed by atoms with van der Waals surface area (Å²) >= 11 is 0.